The number of rotatable bonds is 6. The van der Waals surface area contributed by atoms with Crippen LogP contribution in [-0.2, 0) is 9.53 Å². The van der Waals surface area contributed by atoms with Gasteiger partial charge in [-0.1, -0.05) is 26.2 Å². The van der Waals surface area contributed by atoms with Crippen LogP contribution in [0.5, 0.6) is 0 Å². The third kappa shape index (κ3) is 3.39. The highest BCUT2D eigenvalue weighted by molar-refractivity contribution is 6.09. The van der Waals surface area contributed by atoms with Crippen molar-refractivity contribution in [3.63, 3.8) is 0 Å². The second-order valence-corrected chi connectivity index (χ2v) is 5.96. The smallest absolute Gasteiger partial charge is 0.316 e. The zero-order chi connectivity index (χ0) is 16.1. The number of hydrogen-bond acceptors (Lipinski definition) is 4. The number of carbonyl (C=O) groups is 2. The Morgan fingerprint density at radius 3 is 2.59 bits per heavy atom. The quantitative estimate of drug-likeness (QED) is 0.459. The summed E-state index contributed by atoms with van der Waals surface area (Å²) < 4.78 is 6.99. The van der Waals surface area contributed by atoms with Crippen molar-refractivity contribution in [1.82, 2.24) is 9.78 Å². The van der Waals surface area contributed by atoms with Gasteiger partial charge in [-0.2, -0.15) is 5.10 Å². The van der Waals surface area contributed by atoms with Crippen molar-refractivity contribution in [2.24, 2.45) is 5.92 Å². The van der Waals surface area contributed by atoms with Crippen LogP contribution in [0.1, 0.15) is 74.5 Å². The van der Waals surface area contributed by atoms with E-state index in [0.717, 1.165) is 18.5 Å². The molecule has 1 saturated carbocycles. The van der Waals surface area contributed by atoms with Crippen molar-refractivity contribution in [3.8, 4) is 0 Å². The summed E-state index contributed by atoms with van der Waals surface area (Å²) in [5.41, 5.74) is 1.44. The number of Topliss-reactive ketones (excluding diaryl/α,β-unsaturated/α-hetero) is 1. The fourth-order valence-electron chi connectivity index (χ4n) is 3.25. The van der Waals surface area contributed by atoms with Gasteiger partial charge in [0.25, 0.3) is 0 Å². The summed E-state index contributed by atoms with van der Waals surface area (Å²) in [6.07, 6.45) is 8.01. The van der Waals surface area contributed by atoms with E-state index in [4.69, 9.17) is 4.74 Å². The molecular weight excluding hydrogens is 280 g/mol. The van der Waals surface area contributed by atoms with Gasteiger partial charge in [-0.05, 0) is 33.1 Å². The molecule has 0 saturated heterocycles. The Balaban J connectivity index is 2.19. The zero-order valence-electron chi connectivity index (χ0n) is 13.8. The third-order valence-electron chi connectivity index (χ3n) is 4.53. The summed E-state index contributed by atoms with van der Waals surface area (Å²) in [5.74, 6) is -1.32. The summed E-state index contributed by atoms with van der Waals surface area (Å²) >= 11 is 0. The predicted octanol–water partition coefficient (Wildman–Crippen LogP) is 3.47. The van der Waals surface area contributed by atoms with Crippen LogP contribution in [-0.4, -0.2) is 28.1 Å². The molecule has 122 valence electrons. The van der Waals surface area contributed by atoms with Crippen molar-refractivity contribution in [2.75, 3.05) is 6.61 Å². The molecule has 0 aromatic carbocycles. The minimum absolute atomic E-state index is 0.166. The highest BCUT2D eigenvalue weighted by atomic mass is 16.5. The van der Waals surface area contributed by atoms with E-state index >= 15 is 0 Å². The highest BCUT2D eigenvalue weighted by Crippen LogP contribution is 2.30. The number of ether oxygens (including phenoxy) is 1. The van der Waals surface area contributed by atoms with E-state index in [-0.39, 0.29) is 5.78 Å². The van der Waals surface area contributed by atoms with Crippen LogP contribution >= 0.6 is 0 Å². The van der Waals surface area contributed by atoms with Gasteiger partial charge in [-0.3, -0.25) is 14.3 Å². The molecule has 1 atom stereocenters. The molecule has 1 aliphatic rings. The second kappa shape index (κ2) is 7.56. The summed E-state index contributed by atoms with van der Waals surface area (Å²) in [5, 5.41) is 4.43. The van der Waals surface area contributed by atoms with E-state index in [1.807, 2.05) is 18.5 Å². The molecule has 1 aromatic heterocycles. The summed E-state index contributed by atoms with van der Waals surface area (Å²) in [6, 6.07) is 0.387. The lowest BCUT2D eigenvalue weighted by Gasteiger charge is -2.23. The largest absolute Gasteiger partial charge is 0.465 e. The Morgan fingerprint density at radius 2 is 2.00 bits per heavy atom. The Hall–Kier alpha value is -1.65. The van der Waals surface area contributed by atoms with Crippen LogP contribution < -0.4 is 0 Å². The van der Waals surface area contributed by atoms with Crippen molar-refractivity contribution >= 4 is 11.8 Å². The van der Waals surface area contributed by atoms with Gasteiger partial charge in [0.05, 0.1) is 24.4 Å². The molecule has 0 aliphatic heterocycles. The number of ketones is 1. The molecule has 1 unspecified atom stereocenters. The fraction of sp³-hybridized carbons (Fsp3) is 0.706. The molecule has 0 bridgehead atoms. The maximum Gasteiger partial charge on any atom is 0.316 e. The van der Waals surface area contributed by atoms with Crippen LogP contribution in [0.3, 0.4) is 0 Å². The van der Waals surface area contributed by atoms with E-state index in [2.05, 4.69) is 5.10 Å². The van der Waals surface area contributed by atoms with Crippen LogP contribution in [0.2, 0.25) is 0 Å². The number of aromatic nitrogens is 2. The lowest BCUT2D eigenvalue weighted by molar-refractivity contribution is -0.146. The second-order valence-electron chi connectivity index (χ2n) is 5.96. The first-order valence-corrected chi connectivity index (χ1v) is 8.35. The molecule has 1 heterocycles. The lowest BCUT2D eigenvalue weighted by atomic mass is 9.94. The molecular formula is C17H26N2O3. The molecule has 1 aromatic rings. The summed E-state index contributed by atoms with van der Waals surface area (Å²) in [6.45, 7) is 5.80. The van der Waals surface area contributed by atoms with E-state index in [0.29, 0.717) is 24.6 Å². The molecule has 0 spiro atoms. The molecule has 1 aliphatic carbocycles. The van der Waals surface area contributed by atoms with Crippen molar-refractivity contribution in [2.45, 2.75) is 65.3 Å². The molecule has 0 radical (unpaired) electrons. The standard InChI is InChI=1S/C17H26N2O3/c1-4-14(17(21)22-5-2)16(20)15-11-18-19(12(15)3)13-9-7-6-8-10-13/h11,13-14H,4-10H2,1-3H3. The van der Waals surface area contributed by atoms with Gasteiger partial charge in [0.2, 0.25) is 0 Å². The van der Waals surface area contributed by atoms with E-state index in [9.17, 15) is 9.59 Å². The molecule has 5 nitrogen and oxygen atoms in total. The van der Waals surface area contributed by atoms with Crippen molar-refractivity contribution in [3.05, 3.63) is 17.5 Å². The SMILES string of the molecule is CCOC(=O)C(CC)C(=O)c1cnn(C2CCCCC2)c1C. The Labute approximate surface area is 132 Å². The van der Waals surface area contributed by atoms with Gasteiger partial charge in [-0.15, -0.1) is 0 Å². The van der Waals surface area contributed by atoms with Crippen LogP contribution in [0.4, 0.5) is 0 Å². The zero-order valence-corrected chi connectivity index (χ0v) is 13.8. The fourth-order valence-corrected chi connectivity index (χ4v) is 3.25. The Kier molecular flexibility index (Phi) is 5.75. The predicted molar refractivity (Wildman–Crippen MR) is 83.8 cm³/mol. The van der Waals surface area contributed by atoms with Crippen molar-refractivity contribution in [1.29, 1.82) is 0 Å². The summed E-state index contributed by atoms with van der Waals surface area (Å²) in [7, 11) is 0. The highest BCUT2D eigenvalue weighted by Gasteiger charge is 2.30. The topological polar surface area (TPSA) is 61.2 Å². The first-order chi connectivity index (χ1) is 10.6. The Bertz CT molecular complexity index is 530. The molecule has 0 N–H and O–H groups in total. The van der Waals surface area contributed by atoms with Gasteiger partial charge in [0.15, 0.2) is 5.78 Å². The maximum absolute atomic E-state index is 12.7. The van der Waals surface area contributed by atoms with Gasteiger partial charge >= 0.3 is 5.97 Å². The van der Waals surface area contributed by atoms with E-state index < -0.39 is 11.9 Å². The van der Waals surface area contributed by atoms with Crippen LogP contribution in [0, 0.1) is 12.8 Å². The summed E-state index contributed by atoms with van der Waals surface area (Å²) in [4.78, 5) is 24.6. The minimum Gasteiger partial charge on any atom is -0.465 e. The molecule has 1 fully saturated rings. The number of nitrogens with zero attached hydrogens (tertiary/aromatic N) is 2. The molecule has 2 rings (SSSR count). The average Bonchev–Trinajstić information content (AvgIpc) is 2.90. The first-order valence-electron chi connectivity index (χ1n) is 8.35. The number of hydrogen-bond donors (Lipinski definition) is 0. The monoisotopic (exact) mass is 306 g/mol. The Morgan fingerprint density at radius 1 is 1.32 bits per heavy atom. The first kappa shape index (κ1) is 16.7. The lowest BCUT2D eigenvalue weighted by Crippen LogP contribution is -2.26. The van der Waals surface area contributed by atoms with Gasteiger partial charge in [-0.25, -0.2) is 0 Å². The molecule has 22 heavy (non-hydrogen) atoms. The van der Waals surface area contributed by atoms with Gasteiger partial charge in [0, 0.05) is 5.69 Å². The van der Waals surface area contributed by atoms with E-state index in [1.165, 1.54) is 19.3 Å². The van der Waals surface area contributed by atoms with Crippen molar-refractivity contribution < 1.29 is 14.3 Å². The maximum atomic E-state index is 12.7. The molecule has 5 heteroatoms. The third-order valence-corrected chi connectivity index (χ3v) is 4.53. The normalized spacial score (nSPS) is 17.2. The van der Waals surface area contributed by atoms with Crippen LogP contribution in [0.15, 0.2) is 6.20 Å². The minimum atomic E-state index is -0.720. The number of esters is 1. The van der Waals surface area contributed by atoms with E-state index in [1.54, 1.807) is 13.1 Å². The van der Waals surface area contributed by atoms with Crippen LogP contribution in [0.25, 0.3) is 0 Å². The van der Waals surface area contributed by atoms with Gasteiger partial charge in [0.1, 0.15) is 5.92 Å². The molecule has 0 amide bonds. The number of carbonyl (C=O) groups excluding carboxylic acids is 2. The van der Waals surface area contributed by atoms with Gasteiger partial charge < -0.3 is 4.74 Å². The average molecular weight is 306 g/mol.